The van der Waals surface area contributed by atoms with Crippen LogP contribution in [0.4, 0.5) is 36.8 Å². The molecule has 40 heavy (non-hydrogen) atoms. The van der Waals surface area contributed by atoms with Crippen molar-refractivity contribution in [2.24, 2.45) is 0 Å². The number of hydrogen-bond acceptors (Lipinski definition) is 7. The molecular weight excluding hydrogens is 552 g/mol. The molecule has 2 atom stereocenters. The molecule has 8 nitrogen and oxygen atoms in total. The summed E-state index contributed by atoms with van der Waals surface area (Å²) in [7, 11) is 2.59. The first-order chi connectivity index (χ1) is 18.7. The highest BCUT2D eigenvalue weighted by Gasteiger charge is 2.41. The zero-order valence-electron chi connectivity index (χ0n) is 21.6. The molecule has 1 heterocycles. The first kappa shape index (κ1) is 30.6. The second-order valence-corrected chi connectivity index (χ2v) is 8.52. The van der Waals surface area contributed by atoms with Crippen LogP contribution in [0.25, 0.3) is 5.57 Å². The summed E-state index contributed by atoms with van der Waals surface area (Å²) in [4.78, 5) is 27.1. The van der Waals surface area contributed by atoms with Crippen molar-refractivity contribution in [2.45, 2.75) is 38.2 Å². The average molecular weight is 577 g/mol. The Morgan fingerprint density at radius 3 is 1.95 bits per heavy atom. The number of methoxy groups -OCH3 is 2. The van der Waals surface area contributed by atoms with Crippen molar-refractivity contribution in [3.8, 4) is 11.5 Å². The molecule has 2 aromatic rings. The second kappa shape index (κ2) is 11.7. The lowest BCUT2D eigenvalue weighted by Crippen LogP contribution is -2.41. The molecular formula is C26H25F6NO7. The van der Waals surface area contributed by atoms with E-state index in [-0.39, 0.29) is 41.0 Å². The lowest BCUT2D eigenvalue weighted by molar-refractivity contribution is -0.152. The fourth-order valence-corrected chi connectivity index (χ4v) is 4.39. The monoisotopic (exact) mass is 577 g/mol. The van der Waals surface area contributed by atoms with Crippen molar-refractivity contribution in [3.63, 3.8) is 0 Å². The number of halogens is 6. The third-order valence-corrected chi connectivity index (χ3v) is 6.06. The van der Waals surface area contributed by atoms with Gasteiger partial charge in [0.15, 0.2) is 18.3 Å². The number of esters is 1. The molecule has 0 aromatic heterocycles. The number of aliphatic hydroxyl groups excluding tert-OH is 1. The maximum absolute atomic E-state index is 13.7. The third-order valence-electron chi connectivity index (χ3n) is 6.06. The molecule has 0 saturated carbocycles. The van der Waals surface area contributed by atoms with Crippen LogP contribution < -0.4 is 14.4 Å². The molecule has 1 N–H and O–H groups in total. The summed E-state index contributed by atoms with van der Waals surface area (Å²) in [6.07, 6.45) is -9.88. The fourth-order valence-electron chi connectivity index (χ4n) is 4.39. The number of aliphatic hydroxyl groups is 1. The molecule has 218 valence electrons. The van der Waals surface area contributed by atoms with Crippen molar-refractivity contribution in [2.75, 3.05) is 32.5 Å². The van der Waals surface area contributed by atoms with Crippen LogP contribution >= 0.6 is 0 Å². The molecule has 1 aliphatic rings. The van der Waals surface area contributed by atoms with Crippen LogP contribution in [0.1, 0.15) is 42.0 Å². The Hall–Kier alpha value is -3.94. The maximum Gasteiger partial charge on any atom is 0.416 e. The molecule has 0 fully saturated rings. The van der Waals surface area contributed by atoms with Crippen LogP contribution in [0.15, 0.2) is 36.4 Å². The van der Waals surface area contributed by atoms with Gasteiger partial charge in [-0.2, -0.15) is 26.3 Å². The van der Waals surface area contributed by atoms with Gasteiger partial charge in [-0.1, -0.05) is 6.08 Å². The van der Waals surface area contributed by atoms with E-state index >= 15 is 0 Å². The zero-order chi connectivity index (χ0) is 30.0. The number of carbonyl (C=O) groups is 2. The number of nitrogens with zero attached hydrogens (tertiary/aromatic N) is 1. The first-order valence-electron chi connectivity index (χ1n) is 11.7. The Bertz CT molecular complexity index is 1270. The quantitative estimate of drug-likeness (QED) is 0.254. The van der Waals surface area contributed by atoms with Crippen molar-refractivity contribution in [3.05, 3.63) is 58.7 Å². The standard InChI is InChI=1S/C26H25F6NO7/c1-5-39-24(36)33-13(2)6-18(17-10-20(37-3)21(38-4)11-19(17)33)22(23(35)40-12-34)14-7-15(25(27,28)29)9-16(8-14)26(30,31)32/h6-11,13,22,34H,5,12H2,1-4H3/t13-,22-/m1/s1. The summed E-state index contributed by atoms with van der Waals surface area (Å²) >= 11 is 0. The van der Waals surface area contributed by atoms with Gasteiger partial charge < -0.3 is 24.1 Å². The van der Waals surface area contributed by atoms with E-state index in [0.29, 0.717) is 12.1 Å². The first-order valence-corrected chi connectivity index (χ1v) is 11.7. The van der Waals surface area contributed by atoms with Gasteiger partial charge in [0, 0.05) is 11.6 Å². The minimum Gasteiger partial charge on any atom is -0.493 e. The van der Waals surface area contributed by atoms with Crippen molar-refractivity contribution < 1.29 is 60.0 Å². The number of amides is 1. The van der Waals surface area contributed by atoms with Gasteiger partial charge in [-0.25, -0.2) is 4.79 Å². The SMILES string of the molecule is CCOC(=O)N1c2cc(OC)c(OC)cc2C([C@H](C(=O)OCO)c2cc(C(F)(F)F)cc(C(F)(F)F)c2)=C[C@H]1C. The van der Waals surface area contributed by atoms with Crippen LogP contribution in [-0.2, 0) is 26.6 Å². The molecule has 2 aromatic carbocycles. The molecule has 0 spiro atoms. The van der Waals surface area contributed by atoms with Gasteiger partial charge in [-0.3, -0.25) is 9.69 Å². The lowest BCUT2D eigenvalue weighted by Gasteiger charge is -2.36. The minimum atomic E-state index is -5.19. The summed E-state index contributed by atoms with van der Waals surface area (Å²) in [5.74, 6) is -3.00. The van der Waals surface area contributed by atoms with Gasteiger partial charge in [0.1, 0.15) is 5.92 Å². The minimum absolute atomic E-state index is 0.00283. The van der Waals surface area contributed by atoms with Crippen LogP contribution in [-0.4, -0.2) is 50.8 Å². The Morgan fingerprint density at radius 2 is 1.48 bits per heavy atom. The molecule has 3 rings (SSSR count). The molecule has 0 unspecified atom stereocenters. The van der Waals surface area contributed by atoms with Gasteiger partial charge in [-0.05, 0) is 49.2 Å². The van der Waals surface area contributed by atoms with E-state index < -0.39 is 59.9 Å². The number of rotatable bonds is 7. The smallest absolute Gasteiger partial charge is 0.416 e. The van der Waals surface area contributed by atoms with Gasteiger partial charge in [0.2, 0.25) is 0 Å². The van der Waals surface area contributed by atoms with Gasteiger partial charge in [-0.15, -0.1) is 0 Å². The number of alkyl halides is 6. The van der Waals surface area contributed by atoms with E-state index in [1.54, 1.807) is 6.92 Å². The Kier molecular flexibility index (Phi) is 8.92. The van der Waals surface area contributed by atoms with E-state index in [4.69, 9.17) is 14.2 Å². The van der Waals surface area contributed by atoms with Crippen molar-refractivity contribution in [1.82, 2.24) is 0 Å². The number of hydrogen-bond donors (Lipinski definition) is 1. The van der Waals surface area contributed by atoms with E-state index in [9.17, 15) is 41.0 Å². The topological polar surface area (TPSA) is 94.5 Å². The molecule has 1 amide bonds. The van der Waals surface area contributed by atoms with E-state index in [0.717, 1.165) is 0 Å². The average Bonchev–Trinajstić information content (AvgIpc) is 2.87. The molecule has 1 aliphatic heterocycles. The Balaban J connectivity index is 2.39. The summed E-state index contributed by atoms with van der Waals surface area (Å²) in [6.45, 7) is 1.86. The molecule has 14 heteroatoms. The highest BCUT2D eigenvalue weighted by molar-refractivity contribution is 6.03. The Labute approximate surface area is 224 Å². The van der Waals surface area contributed by atoms with Gasteiger partial charge in [0.05, 0.1) is 43.7 Å². The summed E-state index contributed by atoms with van der Waals surface area (Å²) in [5.41, 5.74) is -3.99. The number of fused-ring (bicyclic) bond motifs is 1. The van der Waals surface area contributed by atoms with Crippen LogP contribution in [0.3, 0.4) is 0 Å². The highest BCUT2D eigenvalue weighted by atomic mass is 19.4. The third kappa shape index (κ3) is 6.11. The van der Waals surface area contributed by atoms with Gasteiger partial charge in [0.25, 0.3) is 0 Å². The number of carbonyl (C=O) groups excluding carboxylic acids is 2. The van der Waals surface area contributed by atoms with Crippen LogP contribution in [0.2, 0.25) is 0 Å². The predicted molar refractivity (Wildman–Crippen MR) is 129 cm³/mol. The molecule has 0 bridgehead atoms. The maximum atomic E-state index is 13.7. The largest absolute Gasteiger partial charge is 0.493 e. The molecule has 0 aliphatic carbocycles. The van der Waals surface area contributed by atoms with Crippen molar-refractivity contribution in [1.29, 1.82) is 0 Å². The number of ether oxygens (including phenoxy) is 4. The molecule has 0 radical (unpaired) electrons. The summed E-state index contributed by atoms with van der Waals surface area (Å²) < 4.78 is 102. The van der Waals surface area contributed by atoms with Crippen LogP contribution in [0, 0.1) is 0 Å². The normalized spacial score (nSPS) is 16.0. The Morgan fingerprint density at radius 1 is 0.925 bits per heavy atom. The summed E-state index contributed by atoms with van der Waals surface area (Å²) in [5, 5.41) is 9.24. The predicted octanol–water partition coefficient (Wildman–Crippen LogP) is 5.77. The van der Waals surface area contributed by atoms with Gasteiger partial charge >= 0.3 is 24.4 Å². The molecule has 0 saturated heterocycles. The highest BCUT2D eigenvalue weighted by Crippen LogP contribution is 2.48. The summed E-state index contributed by atoms with van der Waals surface area (Å²) in [6, 6.07) is 2.51. The van der Waals surface area contributed by atoms with E-state index in [1.807, 2.05) is 0 Å². The van der Waals surface area contributed by atoms with E-state index in [1.165, 1.54) is 44.3 Å². The zero-order valence-corrected chi connectivity index (χ0v) is 21.6. The lowest BCUT2D eigenvalue weighted by atomic mass is 9.81. The second-order valence-electron chi connectivity index (χ2n) is 8.52. The van der Waals surface area contributed by atoms with Crippen molar-refractivity contribution >= 4 is 23.3 Å². The van der Waals surface area contributed by atoms with Crippen LogP contribution in [0.5, 0.6) is 11.5 Å². The van der Waals surface area contributed by atoms with E-state index in [2.05, 4.69) is 4.74 Å². The number of benzene rings is 2. The number of anilines is 1. The fraction of sp³-hybridized carbons (Fsp3) is 0.385.